The van der Waals surface area contributed by atoms with Crippen molar-refractivity contribution in [1.29, 1.82) is 0 Å². The number of aromatic nitrogens is 1. The summed E-state index contributed by atoms with van der Waals surface area (Å²) in [6, 6.07) is 18.8. The van der Waals surface area contributed by atoms with Crippen LogP contribution in [0.2, 0.25) is 5.02 Å². The number of hydrogen-bond acceptors (Lipinski definition) is 5. The van der Waals surface area contributed by atoms with Gasteiger partial charge in [-0.25, -0.2) is 0 Å². The number of nitrogens with zero attached hydrogens (tertiary/aromatic N) is 3. The minimum absolute atomic E-state index is 0.131. The minimum atomic E-state index is -0.255. The summed E-state index contributed by atoms with van der Waals surface area (Å²) in [5.74, 6) is 0.257. The molecule has 1 atom stereocenters. The average Bonchev–Trinajstić information content (AvgIpc) is 3.26. The molecule has 0 spiro atoms. The number of hydrogen-bond donors (Lipinski definition) is 1. The predicted octanol–water partition coefficient (Wildman–Crippen LogP) is 3.71. The maximum absolute atomic E-state index is 12.9. The molecule has 1 aliphatic rings. The van der Waals surface area contributed by atoms with Gasteiger partial charge in [-0.2, -0.15) is 0 Å². The van der Waals surface area contributed by atoms with Crippen molar-refractivity contribution in [2.75, 3.05) is 39.8 Å². The molecule has 4 rings (SSSR count). The first kappa shape index (κ1) is 20.6. The van der Waals surface area contributed by atoms with E-state index in [9.17, 15) is 4.79 Å². The smallest absolute Gasteiger partial charge is 0.274 e. The van der Waals surface area contributed by atoms with Crippen molar-refractivity contribution in [1.82, 2.24) is 20.3 Å². The quantitative estimate of drug-likeness (QED) is 0.653. The second-order valence-corrected chi connectivity index (χ2v) is 8.06. The molecule has 156 valence electrons. The summed E-state index contributed by atoms with van der Waals surface area (Å²) < 4.78 is 5.39. The highest BCUT2D eigenvalue weighted by atomic mass is 35.5. The van der Waals surface area contributed by atoms with Crippen LogP contribution in [0.1, 0.15) is 22.1 Å². The van der Waals surface area contributed by atoms with Gasteiger partial charge in [-0.05, 0) is 24.7 Å². The van der Waals surface area contributed by atoms with Gasteiger partial charge in [0.15, 0.2) is 11.5 Å². The molecule has 1 aliphatic heterocycles. The van der Waals surface area contributed by atoms with Crippen molar-refractivity contribution in [2.45, 2.75) is 6.04 Å². The molecule has 0 saturated carbocycles. The minimum Gasteiger partial charge on any atom is -0.355 e. The predicted molar refractivity (Wildman–Crippen MR) is 118 cm³/mol. The van der Waals surface area contributed by atoms with E-state index >= 15 is 0 Å². The van der Waals surface area contributed by atoms with E-state index in [0.29, 0.717) is 10.8 Å². The molecule has 7 heteroatoms. The van der Waals surface area contributed by atoms with Crippen molar-refractivity contribution in [3.05, 3.63) is 76.9 Å². The van der Waals surface area contributed by atoms with Gasteiger partial charge in [0.25, 0.3) is 5.91 Å². The normalized spacial score (nSPS) is 16.3. The molecule has 30 heavy (non-hydrogen) atoms. The fourth-order valence-corrected chi connectivity index (χ4v) is 3.79. The molecule has 0 radical (unpaired) electrons. The number of likely N-dealkylation sites (N-methyl/N-ethyl adjacent to an activating group) is 1. The van der Waals surface area contributed by atoms with Crippen LogP contribution >= 0.6 is 11.6 Å². The van der Waals surface area contributed by atoms with E-state index in [1.165, 1.54) is 0 Å². The fourth-order valence-electron chi connectivity index (χ4n) is 3.60. The highest BCUT2D eigenvalue weighted by Gasteiger charge is 2.23. The van der Waals surface area contributed by atoms with Crippen molar-refractivity contribution < 1.29 is 9.32 Å². The number of carbonyl (C=O) groups is 1. The Morgan fingerprint density at radius 1 is 1.10 bits per heavy atom. The largest absolute Gasteiger partial charge is 0.355 e. The molecule has 1 aromatic heterocycles. The van der Waals surface area contributed by atoms with Crippen molar-refractivity contribution in [3.8, 4) is 11.3 Å². The fraction of sp³-hybridized carbons (Fsp3) is 0.304. The van der Waals surface area contributed by atoms with Gasteiger partial charge in [0.2, 0.25) is 0 Å². The number of halogens is 1. The number of carbonyl (C=O) groups excluding carboxylic acids is 1. The lowest BCUT2D eigenvalue weighted by Gasteiger charge is -2.34. The van der Waals surface area contributed by atoms with Crippen LogP contribution in [0.15, 0.2) is 65.2 Å². The Morgan fingerprint density at radius 2 is 1.87 bits per heavy atom. The Kier molecular flexibility index (Phi) is 6.47. The number of nitrogens with one attached hydrogen (secondary N) is 1. The second kappa shape index (κ2) is 9.43. The monoisotopic (exact) mass is 424 g/mol. The molecular weight excluding hydrogens is 400 g/mol. The summed E-state index contributed by atoms with van der Waals surface area (Å²) in [4.78, 5) is 17.7. The zero-order chi connectivity index (χ0) is 20.9. The SMILES string of the molecule is CN1CCN(CC(NC(=O)c2cc(-c3cccc(Cl)c3)on2)c2ccccc2)CC1. The van der Waals surface area contributed by atoms with Crippen LogP contribution < -0.4 is 5.32 Å². The van der Waals surface area contributed by atoms with Crippen molar-refractivity contribution >= 4 is 17.5 Å². The standard InChI is InChI=1S/C23H25ClN4O2/c1-27-10-12-28(13-11-27)16-21(17-6-3-2-4-7-17)25-23(29)20-15-22(30-26-20)18-8-5-9-19(24)14-18/h2-9,14-15,21H,10-13,16H2,1H3,(H,25,29). The van der Waals surface area contributed by atoms with E-state index in [1.807, 2.05) is 42.5 Å². The topological polar surface area (TPSA) is 61.6 Å². The molecule has 6 nitrogen and oxygen atoms in total. The molecule has 1 N–H and O–H groups in total. The average molecular weight is 425 g/mol. The first-order chi connectivity index (χ1) is 14.6. The lowest BCUT2D eigenvalue weighted by atomic mass is 10.1. The Bertz CT molecular complexity index is 984. The molecule has 0 aliphatic carbocycles. The van der Waals surface area contributed by atoms with E-state index in [1.54, 1.807) is 18.2 Å². The van der Waals surface area contributed by atoms with Crippen molar-refractivity contribution in [2.24, 2.45) is 0 Å². The van der Waals surface area contributed by atoms with Gasteiger partial charge < -0.3 is 14.7 Å². The van der Waals surface area contributed by atoms with Crippen molar-refractivity contribution in [3.63, 3.8) is 0 Å². The van der Waals surface area contributed by atoms with Crippen LogP contribution in [0, 0.1) is 0 Å². The van der Waals surface area contributed by atoms with Crippen LogP contribution in [0.4, 0.5) is 0 Å². The van der Waals surface area contributed by atoms with Gasteiger partial charge in [0.05, 0.1) is 6.04 Å². The number of amides is 1. The van der Waals surface area contributed by atoms with Crippen LogP contribution in [0.5, 0.6) is 0 Å². The van der Waals surface area contributed by atoms with E-state index in [0.717, 1.165) is 43.9 Å². The summed E-state index contributed by atoms with van der Waals surface area (Å²) in [5, 5.41) is 7.72. The number of piperazine rings is 1. The maximum Gasteiger partial charge on any atom is 0.274 e. The number of rotatable bonds is 6. The molecule has 1 unspecified atom stereocenters. The van der Waals surface area contributed by atoms with Crippen LogP contribution in [0.25, 0.3) is 11.3 Å². The summed E-state index contributed by atoms with van der Waals surface area (Å²) in [5.41, 5.74) is 2.11. The summed E-state index contributed by atoms with van der Waals surface area (Å²) in [6.07, 6.45) is 0. The number of benzene rings is 2. The molecular formula is C23H25ClN4O2. The van der Waals surface area contributed by atoms with Gasteiger partial charge in [-0.15, -0.1) is 0 Å². The van der Waals surface area contributed by atoms with Crippen LogP contribution in [0.3, 0.4) is 0 Å². The maximum atomic E-state index is 12.9. The molecule has 3 aromatic rings. The molecule has 0 bridgehead atoms. The van der Waals surface area contributed by atoms with Gasteiger partial charge >= 0.3 is 0 Å². The highest BCUT2D eigenvalue weighted by Crippen LogP contribution is 2.24. The zero-order valence-corrected chi connectivity index (χ0v) is 17.7. The van der Waals surface area contributed by atoms with E-state index in [2.05, 4.69) is 27.3 Å². The van der Waals surface area contributed by atoms with Gasteiger partial charge in [-0.3, -0.25) is 9.69 Å². The van der Waals surface area contributed by atoms with E-state index in [4.69, 9.17) is 16.1 Å². The summed E-state index contributed by atoms with van der Waals surface area (Å²) in [6.45, 7) is 4.78. The molecule has 1 fully saturated rings. The molecule has 2 aromatic carbocycles. The Morgan fingerprint density at radius 3 is 2.60 bits per heavy atom. The molecule has 2 heterocycles. The van der Waals surface area contributed by atoms with Gasteiger partial charge in [-0.1, -0.05) is 59.2 Å². The van der Waals surface area contributed by atoms with Gasteiger partial charge in [0.1, 0.15) is 0 Å². The van der Waals surface area contributed by atoms with Crippen LogP contribution in [-0.4, -0.2) is 60.6 Å². The van der Waals surface area contributed by atoms with Crippen LogP contribution in [-0.2, 0) is 0 Å². The van der Waals surface area contributed by atoms with Gasteiger partial charge in [0, 0.05) is 49.4 Å². The zero-order valence-electron chi connectivity index (χ0n) is 16.9. The van der Waals surface area contributed by atoms with E-state index < -0.39 is 0 Å². The first-order valence-electron chi connectivity index (χ1n) is 10.1. The highest BCUT2D eigenvalue weighted by molar-refractivity contribution is 6.30. The second-order valence-electron chi connectivity index (χ2n) is 7.63. The Hall–Kier alpha value is -2.67. The lowest BCUT2D eigenvalue weighted by molar-refractivity contribution is 0.0898. The first-order valence-corrected chi connectivity index (χ1v) is 10.5. The summed E-state index contributed by atoms with van der Waals surface area (Å²) in [7, 11) is 2.13. The Balaban J connectivity index is 1.49. The Labute approximate surface area is 181 Å². The molecule has 1 saturated heterocycles. The van der Waals surface area contributed by atoms with E-state index in [-0.39, 0.29) is 17.6 Å². The molecule has 1 amide bonds. The third-order valence-corrected chi connectivity index (χ3v) is 5.63. The third-order valence-electron chi connectivity index (χ3n) is 5.40. The summed E-state index contributed by atoms with van der Waals surface area (Å²) >= 11 is 6.05. The lowest BCUT2D eigenvalue weighted by Crippen LogP contribution is -2.47. The third kappa shape index (κ3) is 5.08.